The van der Waals surface area contributed by atoms with Crippen LogP contribution in [0.25, 0.3) is 6.08 Å². The first kappa shape index (κ1) is 34.9. The van der Waals surface area contributed by atoms with Crippen LogP contribution in [0.15, 0.2) is 54.8 Å². The molecule has 4 rings (SSSR count). The minimum atomic E-state index is -0.0365. The van der Waals surface area contributed by atoms with Crippen molar-refractivity contribution in [2.45, 2.75) is 91.5 Å². The summed E-state index contributed by atoms with van der Waals surface area (Å²) in [6.45, 7) is 22.7. The molecule has 5 heteroatoms. The van der Waals surface area contributed by atoms with Gasteiger partial charge in [0.15, 0.2) is 0 Å². The van der Waals surface area contributed by atoms with Gasteiger partial charge in [-0.15, -0.1) is 11.3 Å². The highest BCUT2D eigenvalue weighted by Gasteiger charge is 2.15. The van der Waals surface area contributed by atoms with Crippen LogP contribution in [0.3, 0.4) is 0 Å². The van der Waals surface area contributed by atoms with Gasteiger partial charge in [0.05, 0.1) is 15.4 Å². The first-order chi connectivity index (χ1) is 18.6. The van der Waals surface area contributed by atoms with Crippen molar-refractivity contribution < 1.29 is 0 Å². The highest BCUT2D eigenvalue weighted by molar-refractivity contribution is 8.12. The molecule has 0 amide bonds. The topological polar surface area (TPSA) is 19.4 Å². The summed E-state index contributed by atoms with van der Waals surface area (Å²) in [5.41, 5.74) is 1.14. The van der Waals surface area contributed by atoms with Gasteiger partial charge in [-0.3, -0.25) is 4.31 Å². The second kappa shape index (κ2) is 19.0. The zero-order valence-electron chi connectivity index (χ0n) is 25.8. The largest absolute Gasteiger partial charge is 0.350 e. The number of thiophene rings is 1. The van der Waals surface area contributed by atoms with E-state index in [-0.39, 0.29) is 16.1 Å². The summed E-state index contributed by atoms with van der Waals surface area (Å²) in [6.07, 6.45) is 15.6. The third-order valence-corrected chi connectivity index (χ3v) is 9.04. The molecular formula is C34H53N3S2. The van der Waals surface area contributed by atoms with Gasteiger partial charge in [0.2, 0.25) is 0 Å². The molecule has 1 atom stereocenters. The number of rotatable bonds is 5. The summed E-state index contributed by atoms with van der Waals surface area (Å²) in [4.78, 5) is 8.51. The number of hydrogen-bond acceptors (Lipinski definition) is 4. The van der Waals surface area contributed by atoms with Gasteiger partial charge in [-0.2, -0.15) is 0 Å². The van der Waals surface area contributed by atoms with Crippen molar-refractivity contribution in [2.24, 2.45) is 11.3 Å². The summed E-state index contributed by atoms with van der Waals surface area (Å²) >= 11 is 1.66. The predicted molar refractivity (Wildman–Crippen MR) is 181 cm³/mol. The Morgan fingerprint density at radius 1 is 1.08 bits per heavy atom. The van der Waals surface area contributed by atoms with Gasteiger partial charge >= 0.3 is 0 Å². The zero-order valence-corrected chi connectivity index (χ0v) is 27.4. The second-order valence-corrected chi connectivity index (χ2v) is 13.5. The van der Waals surface area contributed by atoms with E-state index in [1.54, 1.807) is 17.5 Å². The Labute approximate surface area is 247 Å². The quantitative estimate of drug-likeness (QED) is 0.265. The molecule has 2 fully saturated rings. The van der Waals surface area contributed by atoms with Crippen LogP contribution in [-0.2, 0) is 0 Å². The number of hydrogen-bond donors (Lipinski definition) is 0. The molecule has 3 nitrogen and oxygen atoms in total. The minimum Gasteiger partial charge on any atom is -0.350 e. The molecule has 2 aromatic heterocycles. The molecule has 1 aliphatic heterocycles. The third-order valence-electron chi connectivity index (χ3n) is 6.29. The molecule has 1 aliphatic carbocycles. The Kier molecular flexibility index (Phi) is 17.0. The van der Waals surface area contributed by atoms with E-state index < -0.39 is 0 Å². The third kappa shape index (κ3) is 13.7. The average Bonchev–Trinajstić information content (AvgIpc) is 3.64. The smallest absolute Gasteiger partial charge is 0.104 e. The standard InChI is InChI=1S/C15H19NS.C10H14N2S.C7H14.C2H6/c1-7-14-13(16(6)8-2)11-12(17-14)9-10-15(3,4)5;1-13(12-8-4-5-9-12)10-6-2-3-7-11-10;1-7-5-3-2-4-6-7;1-2/h7-8,11H,1-2H2,3-6H3;2-3,6-7H,1,4-5,8-9H2;7H,2-6H2,1H3;1-2H3. The molecule has 1 saturated carbocycles. The lowest BCUT2D eigenvalue weighted by molar-refractivity contribution is 0.385. The minimum absolute atomic E-state index is 0.0306. The SMILES string of the molecule is C=Cc1sc(C#CC(C)(C)C)cc1N(C)C=C.C=S(c1ccccn1)N1CCCC1.CC.CC1CCCCC1. The molecule has 1 unspecified atom stereocenters. The fourth-order valence-corrected chi connectivity index (χ4v) is 6.34. The van der Waals surface area contributed by atoms with Gasteiger partial charge in [-0.25, -0.2) is 4.98 Å². The summed E-state index contributed by atoms with van der Waals surface area (Å²) < 4.78 is 2.42. The summed E-state index contributed by atoms with van der Waals surface area (Å²) in [6, 6.07) is 8.13. The van der Waals surface area contributed by atoms with Crippen molar-refractivity contribution in [3.05, 3.63) is 59.6 Å². The second-order valence-electron chi connectivity index (χ2n) is 10.8. The molecule has 216 valence electrons. The molecule has 0 N–H and O–H groups in total. The molecule has 2 aromatic rings. The fraction of sp³-hybridized carbons (Fsp3) is 0.529. The van der Waals surface area contributed by atoms with Crippen LogP contribution in [0, 0.1) is 23.2 Å². The maximum atomic E-state index is 4.33. The van der Waals surface area contributed by atoms with Crippen LogP contribution in [-0.4, -0.2) is 35.3 Å². The first-order valence-corrected chi connectivity index (χ1v) is 16.7. The molecule has 1 saturated heterocycles. The van der Waals surface area contributed by atoms with Gasteiger partial charge < -0.3 is 4.90 Å². The van der Waals surface area contributed by atoms with Crippen LogP contribution in [0.2, 0.25) is 0 Å². The Morgan fingerprint density at radius 2 is 1.72 bits per heavy atom. The molecule has 0 bridgehead atoms. The van der Waals surface area contributed by atoms with Gasteiger partial charge in [-0.1, -0.05) is 100 Å². The highest BCUT2D eigenvalue weighted by Crippen LogP contribution is 2.31. The Morgan fingerprint density at radius 3 is 2.18 bits per heavy atom. The lowest BCUT2D eigenvalue weighted by Gasteiger charge is -2.17. The number of nitrogens with zero attached hydrogens (tertiary/aromatic N) is 3. The Hall–Kier alpha value is -2.13. The number of anilines is 1. The van der Waals surface area contributed by atoms with Crippen molar-refractivity contribution in [3.8, 4) is 11.8 Å². The van der Waals surface area contributed by atoms with Gasteiger partial charge in [-0.05, 0) is 70.0 Å². The zero-order chi connectivity index (χ0) is 29.3. The number of aromatic nitrogens is 1. The molecule has 39 heavy (non-hydrogen) atoms. The van der Waals surface area contributed by atoms with Gasteiger partial charge in [0.25, 0.3) is 0 Å². The molecule has 0 spiro atoms. The average molecular weight is 568 g/mol. The molecule has 2 aliphatic rings. The lowest BCUT2D eigenvalue weighted by Crippen LogP contribution is -2.11. The first-order valence-electron chi connectivity index (χ1n) is 14.5. The monoisotopic (exact) mass is 567 g/mol. The molecule has 0 radical (unpaired) electrons. The molecule has 3 heterocycles. The summed E-state index contributed by atoms with van der Waals surface area (Å²) in [5, 5.41) is 1.12. The van der Waals surface area contributed by atoms with E-state index in [1.807, 2.05) is 50.2 Å². The van der Waals surface area contributed by atoms with Crippen molar-refractivity contribution in [1.29, 1.82) is 0 Å². The van der Waals surface area contributed by atoms with E-state index >= 15 is 0 Å². The predicted octanol–water partition coefficient (Wildman–Crippen LogP) is 10.1. The normalized spacial score (nSPS) is 16.0. The molecule has 0 aromatic carbocycles. The van der Waals surface area contributed by atoms with Crippen LogP contribution < -0.4 is 4.90 Å². The van der Waals surface area contributed by atoms with Crippen LogP contribution in [0.1, 0.15) is 96.2 Å². The fourth-order valence-electron chi connectivity index (χ4n) is 4.06. The van der Waals surface area contributed by atoms with Crippen LogP contribution >= 0.6 is 22.0 Å². The van der Waals surface area contributed by atoms with E-state index in [0.29, 0.717) is 0 Å². The van der Waals surface area contributed by atoms with E-state index in [2.05, 4.69) is 80.0 Å². The number of pyridine rings is 1. The van der Waals surface area contributed by atoms with Crippen LogP contribution in [0.5, 0.6) is 0 Å². The van der Waals surface area contributed by atoms with E-state index in [0.717, 1.165) is 26.4 Å². The maximum absolute atomic E-state index is 4.33. The van der Waals surface area contributed by atoms with Gasteiger partial charge in [0, 0.05) is 31.7 Å². The van der Waals surface area contributed by atoms with Crippen molar-refractivity contribution in [1.82, 2.24) is 9.29 Å². The Bertz CT molecular complexity index is 1040. The van der Waals surface area contributed by atoms with Crippen molar-refractivity contribution in [2.75, 3.05) is 25.0 Å². The highest BCUT2D eigenvalue weighted by atomic mass is 32.2. The molecular weight excluding hydrogens is 515 g/mol. The van der Waals surface area contributed by atoms with E-state index in [1.165, 1.54) is 58.0 Å². The van der Waals surface area contributed by atoms with Crippen LogP contribution in [0.4, 0.5) is 5.69 Å². The summed E-state index contributed by atoms with van der Waals surface area (Å²) in [5.74, 6) is 11.7. The van der Waals surface area contributed by atoms with Crippen molar-refractivity contribution in [3.63, 3.8) is 0 Å². The maximum Gasteiger partial charge on any atom is 0.104 e. The van der Waals surface area contributed by atoms with Crippen molar-refractivity contribution >= 4 is 39.6 Å². The lowest BCUT2D eigenvalue weighted by atomic mass is 9.91. The van der Waals surface area contributed by atoms with E-state index in [9.17, 15) is 0 Å². The Balaban J connectivity index is 0.000000304. The van der Waals surface area contributed by atoms with Gasteiger partial charge in [0.1, 0.15) is 5.03 Å². The summed E-state index contributed by atoms with van der Waals surface area (Å²) in [7, 11) is 1.94. The van der Waals surface area contributed by atoms with E-state index in [4.69, 9.17) is 0 Å².